The van der Waals surface area contributed by atoms with Gasteiger partial charge in [-0.1, -0.05) is 0 Å². The lowest BCUT2D eigenvalue weighted by Gasteiger charge is -2.47. The van der Waals surface area contributed by atoms with Crippen LogP contribution in [-0.4, -0.2) is 43.7 Å². The van der Waals surface area contributed by atoms with E-state index < -0.39 is 0 Å². The Kier molecular flexibility index (Phi) is 4.34. The Labute approximate surface area is 121 Å². The van der Waals surface area contributed by atoms with Crippen molar-refractivity contribution in [3.05, 3.63) is 0 Å². The average Bonchev–Trinajstić information content (AvgIpc) is 2.88. The molecule has 0 aromatic heterocycles. The Hall–Kier alpha value is -0.200. The molecule has 4 unspecified atom stereocenters. The van der Waals surface area contributed by atoms with Gasteiger partial charge in [0.05, 0.1) is 23.9 Å². The summed E-state index contributed by atoms with van der Waals surface area (Å²) in [5.41, 5.74) is 2.86. The van der Waals surface area contributed by atoms with Crippen LogP contribution >= 0.6 is 0 Å². The summed E-state index contributed by atoms with van der Waals surface area (Å²) in [6.07, 6.45) is 6.57. The zero-order valence-electron chi connectivity index (χ0n) is 12.5. The van der Waals surface area contributed by atoms with Crippen molar-refractivity contribution in [3.8, 4) is 0 Å². The van der Waals surface area contributed by atoms with E-state index >= 15 is 0 Å². The highest BCUT2D eigenvalue weighted by Gasteiger charge is 2.47. The number of hydrazine groups is 1. The van der Waals surface area contributed by atoms with Crippen molar-refractivity contribution in [1.29, 1.82) is 0 Å². The summed E-state index contributed by atoms with van der Waals surface area (Å²) in [4.78, 5) is 0. The van der Waals surface area contributed by atoms with Gasteiger partial charge in [-0.15, -0.1) is 0 Å². The minimum Gasteiger partial charge on any atom is -0.378 e. The van der Waals surface area contributed by atoms with Crippen LogP contribution in [0.5, 0.6) is 0 Å². The molecular weight excluding hydrogens is 256 g/mol. The van der Waals surface area contributed by atoms with E-state index in [9.17, 15) is 0 Å². The molecule has 0 radical (unpaired) electrons. The number of hydrogen-bond acceptors (Lipinski definition) is 5. The fourth-order valence-electron chi connectivity index (χ4n) is 4.23. The molecule has 0 aromatic carbocycles. The van der Waals surface area contributed by atoms with E-state index in [1.807, 2.05) is 0 Å². The van der Waals surface area contributed by atoms with E-state index in [0.29, 0.717) is 5.92 Å². The van der Waals surface area contributed by atoms with E-state index in [2.05, 4.69) is 12.3 Å². The maximum atomic E-state index is 6.11. The Morgan fingerprint density at radius 2 is 2.05 bits per heavy atom. The van der Waals surface area contributed by atoms with Gasteiger partial charge in [-0.3, -0.25) is 11.3 Å². The number of hydrogen-bond donors (Lipinski definition) is 2. The van der Waals surface area contributed by atoms with Crippen LogP contribution in [0.25, 0.3) is 0 Å². The van der Waals surface area contributed by atoms with Crippen LogP contribution in [-0.2, 0) is 14.2 Å². The molecule has 3 aliphatic rings. The molecule has 1 spiro atoms. The van der Waals surface area contributed by atoms with E-state index in [4.69, 9.17) is 20.1 Å². The largest absolute Gasteiger partial charge is 0.378 e. The van der Waals surface area contributed by atoms with Crippen molar-refractivity contribution < 1.29 is 14.2 Å². The van der Waals surface area contributed by atoms with Crippen LogP contribution in [0, 0.1) is 5.92 Å². The molecule has 3 aliphatic heterocycles. The molecule has 0 bridgehead atoms. The van der Waals surface area contributed by atoms with Gasteiger partial charge in [-0.2, -0.15) is 0 Å². The molecule has 0 amide bonds. The summed E-state index contributed by atoms with van der Waals surface area (Å²) in [5.74, 6) is 6.40. The normalized spacial score (nSPS) is 43.8. The Morgan fingerprint density at radius 1 is 1.15 bits per heavy atom. The van der Waals surface area contributed by atoms with Crippen molar-refractivity contribution in [1.82, 2.24) is 5.43 Å². The number of rotatable bonds is 3. The zero-order valence-corrected chi connectivity index (χ0v) is 12.5. The molecule has 3 N–H and O–H groups in total. The maximum absolute atomic E-state index is 6.11. The zero-order chi connectivity index (χ0) is 14.1. The first-order valence-corrected chi connectivity index (χ1v) is 7.99. The molecule has 5 heteroatoms. The van der Waals surface area contributed by atoms with Crippen LogP contribution in [0.15, 0.2) is 0 Å². The van der Waals surface area contributed by atoms with E-state index in [-0.39, 0.29) is 17.2 Å². The van der Waals surface area contributed by atoms with Crippen molar-refractivity contribution >= 4 is 0 Å². The minimum absolute atomic E-state index is 0.0664. The molecule has 5 nitrogen and oxygen atoms in total. The van der Waals surface area contributed by atoms with Gasteiger partial charge in [-0.05, 0) is 44.9 Å². The molecule has 3 rings (SSSR count). The first kappa shape index (κ1) is 14.7. The van der Waals surface area contributed by atoms with Gasteiger partial charge in [0.1, 0.15) is 0 Å². The maximum Gasteiger partial charge on any atom is 0.0939 e. The third-order valence-corrected chi connectivity index (χ3v) is 5.41. The second kappa shape index (κ2) is 5.89. The van der Waals surface area contributed by atoms with Crippen molar-refractivity contribution in [2.75, 3.05) is 26.4 Å². The lowest BCUT2D eigenvalue weighted by Crippen LogP contribution is -2.60. The third-order valence-electron chi connectivity index (χ3n) is 5.41. The van der Waals surface area contributed by atoms with Crippen LogP contribution < -0.4 is 11.3 Å². The van der Waals surface area contributed by atoms with Crippen molar-refractivity contribution in [3.63, 3.8) is 0 Å². The quantitative estimate of drug-likeness (QED) is 0.605. The van der Waals surface area contributed by atoms with Crippen LogP contribution in [0.1, 0.15) is 45.4 Å². The van der Waals surface area contributed by atoms with Gasteiger partial charge in [0.25, 0.3) is 0 Å². The van der Waals surface area contributed by atoms with Crippen LogP contribution in [0.3, 0.4) is 0 Å². The number of nitrogens with two attached hydrogens (primary N) is 1. The van der Waals surface area contributed by atoms with E-state index in [1.165, 1.54) is 12.8 Å². The number of nitrogens with one attached hydrogen (secondary N) is 1. The lowest BCUT2D eigenvalue weighted by molar-refractivity contribution is -0.140. The smallest absolute Gasteiger partial charge is 0.0939 e. The first-order valence-electron chi connectivity index (χ1n) is 7.99. The SMILES string of the molecule is CC1(C(NN)C2CCOC3(CCOC3)C2)CCCCO1. The highest BCUT2D eigenvalue weighted by Crippen LogP contribution is 2.41. The summed E-state index contributed by atoms with van der Waals surface area (Å²) in [7, 11) is 0. The third kappa shape index (κ3) is 2.74. The fraction of sp³-hybridized carbons (Fsp3) is 1.00. The molecular formula is C15H28N2O3. The highest BCUT2D eigenvalue weighted by atomic mass is 16.6. The van der Waals surface area contributed by atoms with Gasteiger partial charge >= 0.3 is 0 Å². The topological polar surface area (TPSA) is 65.7 Å². The molecule has 0 aromatic rings. The first-order chi connectivity index (χ1) is 9.68. The monoisotopic (exact) mass is 284 g/mol. The van der Waals surface area contributed by atoms with Gasteiger partial charge in [-0.25, -0.2) is 0 Å². The van der Waals surface area contributed by atoms with Crippen LogP contribution in [0.2, 0.25) is 0 Å². The molecule has 4 atom stereocenters. The summed E-state index contributed by atoms with van der Waals surface area (Å²) >= 11 is 0. The Bertz CT molecular complexity index is 325. The van der Waals surface area contributed by atoms with Gasteiger partial charge in [0, 0.05) is 26.2 Å². The summed E-state index contributed by atoms with van der Waals surface area (Å²) in [6, 6.07) is 0.198. The highest BCUT2D eigenvalue weighted by molar-refractivity contribution is 5.00. The molecule has 3 fully saturated rings. The fourth-order valence-corrected chi connectivity index (χ4v) is 4.23. The predicted molar refractivity (Wildman–Crippen MR) is 76.2 cm³/mol. The summed E-state index contributed by atoms with van der Waals surface area (Å²) < 4.78 is 17.7. The van der Waals surface area contributed by atoms with Gasteiger partial charge in [0.15, 0.2) is 0 Å². The van der Waals surface area contributed by atoms with Crippen molar-refractivity contribution in [2.45, 2.75) is 62.7 Å². The number of ether oxygens (including phenoxy) is 3. The second-order valence-electron chi connectivity index (χ2n) is 6.85. The summed E-state index contributed by atoms with van der Waals surface area (Å²) in [6.45, 7) is 5.43. The molecule has 0 aliphatic carbocycles. The van der Waals surface area contributed by atoms with Gasteiger partial charge in [0.2, 0.25) is 0 Å². The Morgan fingerprint density at radius 3 is 2.70 bits per heavy atom. The van der Waals surface area contributed by atoms with Gasteiger partial charge < -0.3 is 14.2 Å². The summed E-state index contributed by atoms with van der Waals surface area (Å²) in [5, 5.41) is 0. The lowest BCUT2D eigenvalue weighted by atomic mass is 9.74. The average molecular weight is 284 g/mol. The van der Waals surface area contributed by atoms with E-state index in [1.54, 1.807) is 0 Å². The van der Waals surface area contributed by atoms with Crippen molar-refractivity contribution in [2.24, 2.45) is 11.8 Å². The van der Waals surface area contributed by atoms with Crippen LogP contribution in [0.4, 0.5) is 0 Å². The standard InChI is InChI=1S/C15H28N2O3/c1-14(5-2-3-7-19-14)13(17-16)12-4-8-20-15(10-12)6-9-18-11-15/h12-13,17H,2-11,16H2,1H3. The second-order valence-corrected chi connectivity index (χ2v) is 6.85. The Balaban J connectivity index is 1.71. The molecule has 3 heterocycles. The molecule has 20 heavy (non-hydrogen) atoms. The van der Waals surface area contributed by atoms with E-state index in [0.717, 1.165) is 52.1 Å². The minimum atomic E-state index is -0.143. The molecule has 0 saturated carbocycles. The predicted octanol–water partition coefficient (Wildman–Crippen LogP) is 1.36. The molecule has 3 saturated heterocycles. The molecule has 116 valence electrons.